The van der Waals surface area contributed by atoms with Crippen LogP contribution in [0.15, 0.2) is 28.7 Å². The first-order valence-corrected chi connectivity index (χ1v) is 9.54. The van der Waals surface area contributed by atoms with Crippen molar-refractivity contribution in [1.29, 1.82) is 0 Å². The van der Waals surface area contributed by atoms with E-state index in [1.807, 2.05) is 24.3 Å². The van der Waals surface area contributed by atoms with Gasteiger partial charge in [0.1, 0.15) is 0 Å². The molecule has 2 bridgehead atoms. The van der Waals surface area contributed by atoms with Gasteiger partial charge >= 0.3 is 0 Å². The number of benzene rings is 1. The van der Waals surface area contributed by atoms with Crippen LogP contribution in [0.2, 0.25) is 0 Å². The van der Waals surface area contributed by atoms with Crippen molar-refractivity contribution in [3.05, 3.63) is 28.7 Å². The summed E-state index contributed by atoms with van der Waals surface area (Å²) in [6, 6.07) is 8.05. The number of nitrogens with zero attached hydrogens (tertiary/aromatic N) is 1. The van der Waals surface area contributed by atoms with Gasteiger partial charge in [-0.1, -0.05) is 22.0 Å². The van der Waals surface area contributed by atoms with Gasteiger partial charge in [0.05, 0.1) is 0 Å². The van der Waals surface area contributed by atoms with Crippen LogP contribution in [0.3, 0.4) is 0 Å². The molecule has 1 aliphatic heterocycles. The van der Waals surface area contributed by atoms with Crippen molar-refractivity contribution in [3.63, 3.8) is 0 Å². The average molecular weight is 374 g/mol. The minimum absolute atomic E-state index is 0.227. The molecule has 1 heterocycles. The second-order valence-electron chi connectivity index (χ2n) is 5.74. The van der Waals surface area contributed by atoms with E-state index in [-0.39, 0.29) is 6.04 Å². The van der Waals surface area contributed by atoms with E-state index in [4.69, 9.17) is 0 Å². The molecule has 2 fully saturated rings. The molecule has 3 rings (SSSR count). The van der Waals surface area contributed by atoms with E-state index in [1.165, 1.54) is 6.42 Å². The summed E-state index contributed by atoms with van der Waals surface area (Å²) in [6.07, 6.45) is 3.24. The summed E-state index contributed by atoms with van der Waals surface area (Å²) in [5, 5.41) is 3.21. The Hall–Kier alpha value is -0.630. The van der Waals surface area contributed by atoms with E-state index < -0.39 is 10.2 Å². The van der Waals surface area contributed by atoms with Crippen LogP contribution in [0.1, 0.15) is 19.3 Å². The van der Waals surface area contributed by atoms with E-state index >= 15 is 0 Å². The maximum Gasteiger partial charge on any atom is 0.279 e. The van der Waals surface area contributed by atoms with E-state index in [9.17, 15) is 8.42 Å². The van der Waals surface area contributed by atoms with E-state index in [0.717, 1.165) is 23.0 Å². The highest BCUT2D eigenvalue weighted by Crippen LogP contribution is 2.38. The van der Waals surface area contributed by atoms with Crippen LogP contribution in [0.5, 0.6) is 0 Å². The lowest BCUT2D eigenvalue weighted by Gasteiger charge is -2.26. The SMILES string of the molecule is O=S(=O)(NCCNc1cccc(Br)c1)N1CC2CCC1C2. The predicted octanol–water partition coefficient (Wildman–Crippen LogP) is 2.18. The fourth-order valence-corrected chi connectivity index (χ4v) is 5.16. The second kappa shape index (κ2) is 6.24. The highest BCUT2D eigenvalue weighted by atomic mass is 79.9. The topological polar surface area (TPSA) is 61.4 Å². The number of nitrogens with one attached hydrogen (secondary N) is 2. The van der Waals surface area contributed by atoms with Gasteiger partial charge in [0.2, 0.25) is 0 Å². The first kappa shape index (κ1) is 15.3. The van der Waals surface area contributed by atoms with Gasteiger partial charge < -0.3 is 5.32 Å². The Morgan fingerprint density at radius 3 is 2.81 bits per heavy atom. The molecule has 2 aliphatic rings. The lowest BCUT2D eigenvalue weighted by molar-refractivity contribution is 0.329. The average Bonchev–Trinajstić information content (AvgIpc) is 3.07. The molecule has 2 N–H and O–H groups in total. The molecule has 1 aromatic rings. The summed E-state index contributed by atoms with van der Waals surface area (Å²) >= 11 is 3.41. The summed E-state index contributed by atoms with van der Waals surface area (Å²) < 4.78 is 29.9. The van der Waals surface area contributed by atoms with E-state index in [2.05, 4.69) is 26.0 Å². The van der Waals surface area contributed by atoms with Crippen molar-refractivity contribution in [2.45, 2.75) is 25.3 Å². The van der Waals surface area contributed by atoms with Gasteiger partial charge in [-0.15, -0.1) is 0 Å². The Balaban J connectivity index is 1.46. The molecule has 1 aromatic carbocycles. The van der Waals surface area contributed by atoms with Gasteiger partial charge in [-0.2, -0.15) is 12.7 Å². The normalized spacial score (nSPS) is 25.4. The maximum atomic E-state index is 12.3. The highest BCUT2D eigenvalue weighted by molar-refractivity contribution is 9.10. The lowest BCUT2D eigenvalue weighted by atomic mass is 10.1. The molecule has 2 atom stereocenters. The third-order valence-electron chi connectivity index (χ3n) is 4.23. The first-order chi connectivity index (χ1) is 10.0. The number of hydrogen-bond donors (Lipinski definition) is 2. The van der Waals surface area contributed by atoms with Crippen LogP contribution in [-0.2, 0) is 10.2 Å². The van der Waals surface area contributed by atoms with Crippen LogP contribution < -0.4 is 10.0 Å². The van der Waals surface area contributed by atoms with Crippen molar-refractivity contribution >= 4 is 31.8 Å². The Kier molecular flexibility index (Phi) is 4.54. The molecule has 1 saturated heterocycles. The molecule has 0 amide bonds. The monoisotopic (exact) mass is 373 g/mol. The Labute approximate surface area is 134 Å². The van der Waals surface area contributed by atoms with Crippen molar-refractivity contribution in [2.75, 3.05) is 25.0 Å². The Bertz CT molecular complexity index is 608. The van der Waals surface area contributed by atoms with E-state index in [1.54, 1.807) is 4.31 Å². The van der Waals surface area contributed by atoms with Crippen LogP contribution in [0.4, 0.5) is 5.69 Å². The molecule has 0 spiro atoms. The largest absolute Gasteiger partial charge is 0.384 e. The van der Waals surface area contributed by atoms with Gasteiger partial charge in [-0.25, -0.2) is 4.72 Å². The smallest absolute Gasteiger partial charge is 0.279 e. The number of anilines is 1. The summed E-state index contributed by atoms with van der Waals surface area (Å²) in [4.78, 5) is 0. The fraction of sp³-hybridized carbons (Fsp3) is 0.571. The molecule has 1 saturated carbocycles. The van der Waals surface area contributed by atoms with Gasteiger partial charge in [0.15, 0.2) is 0 Å². The van der Waals surface area contributed by atoms with Crippen molar-refractivity contribution in [2.24, 2.45) is 5.92 Å². The zero-order valence-corrected chi connectivity index (χ0v) is 14.2. The summed E-state index contributed by atoms with van der Waals surface area (Å²) in [6.45, 7) is 1.65. The predicted molar refractivity (Wildman–Crippen MR) is 87.4 cm³/mol. The Morgan fingerprint density at radius 1 is 1.29 bits per heavy atom. The van der Waals surface area contributed by atoms with Gasteiger partial charge in [-0.05, 0) is 43.4 Å². The molecular weight excluding hydrogens is 354 g/mol. The zero-order chi connectivity index (χ0) is 14.9. The molecule has 5 nitrogen and oxygen atoms in total. The number of rotatable bonds is 6. The van der Waals surface area contributed by atoms with Crippen molar-refractivity contribution in [3.8, 4) is 0 Å². The molecule has 21 heavy (non-hydrogen) atoms. The van der Waals surface area contributed by atoms with Crippen LogP contribution >= 0.6 is 15.9 Å². The minimum Gasteiger partial charge on any atom is -0.384 e. The third kappa shape index (κ3) is 3.59. The molecule has 7 heteroatoms. The number of piperidine rings is 1. The first-order valence-electron chi connectivity index (χ1n) is 7.30. The standard InChI is InChI=1S/C14H20BrN3O2S/c15-12-2-1-3-13(9-12)16-6-7-17-21(19,20)18-10-11-4-5-14(18)8-11/h1-3,9,11,14,16-17H,4-8,10H2. The van der Waals surface area contributed by atoms with Gasteiger partial charge in [-0.3, -0.25) is 0 Å². The van der Waals surface area contributed by atoms with Crippen molar-refractivity contribution < 1.29 is 8.42 Å². The van der Waals surface area contributed by atoms with E-state index in [0.29, 0.717) is 25.6 Å². The zero-order valence-electron chi connectivity index (χ0n) is 11.8. The summed E-state index contributed by atoms with van der Waals surface area (Å²) in [5.41, 5.74) is 0.976. The Morgan fingerprint density at radius 2 is 2.14 bits per heavy atom. The maximum absolute atomic E-state index is 12.3. The minimum atomic E-state index is -3.32. The fourth-order valence-electron chi connectivity index (χ4n) is 3.24. The van der Waals surface area contributed by atoms with Gasteiger partial charge in [0.25, 0.3) is 10.2 Å². The second-order valence-corrected chi connectivity index (χ2v) is 8.36. The third-order valence-corrected chi connectivity index (χ3v) is 6.36. The molecular formula is C14H20BrN3O2S. The molecule has 0 aromatic heterocycles. The number of halogens is 1. The number of hydrogen-bond acceptors (Lipinski definition) is 3. The summed E-state index contributed by atoms with van der Waals surface area (Å²) in [7, 11) is -3.32. The lowest BCUT2D eigenvalue weighted by Crippen LogP contribution is -2.45. The summed E-state index contributed by atoms with van der Waals surface area (Å²) in [5.74, 6) is 0.575. The van der Waals surface area contributed by atoms with Gasteiger partial charge in [0, 0.05) is 35.8 Å². The molecule has 0 radical (unpaired) electrons. The quantitative estimate of drug-likeness (QED) is 0.751. The molecule has 116 valence electrons. The molecule has 2 unspecified atom stereocenters. The highest BCUT2D eigenvalue weighted by Gasteiger charge is 2.43. The van der Waals surface area contributed by atoms with Crippen molar-refractivity contribution in [1.82, 2.24) is 9.03 Å². The molecule has 1 aliphatic carbocycles. The van der Waals surface area contributed by atoms with Crippen LogP contribution in [0.25, 0.3) is 0 Å². The van der Waals surface area contributed by atoms with Crippen LogP contribution in [0, 0.1) is 5.92 Å². The van der Waals surface area contributed by atoms with Crippen LogP contribution in [-0.4, -0.2) is 38.4 Å². The number of fused-ring (bicyclic) bond motifs is 2.